The van der Waals surface area contributed by atoms with Crippen molar-refractivity contribution in [3.8, 4) is 0 Å². The first kappa shape index (κ1) is 14.8. The Morgan fingerprint density at radius 3 is 3.05 bits per heavy atom. The van der Waals surface area contributed by atoms with E-state index in [1.54, 1.807) is 12.3 Å². The Morgan fingerprint density at radius 2 is 2.27 bits per heavy atom. The Balaban J connectivity index is 2.07. The van der Waals surface area contributed by atoms with Gasteiger partial charge in [-0.05, 0) is 12.1 Å². The first-order chi connectivity index (χ1) is 10.6. The number of ether oxygens (including phenoxy) is 1. The van der Waals surface area contributed by atoms with Crippen molar-refractivity contribution in [3.05, 3.63) is 34.7 Å². The van der Waals surface area contributed by atoms with E-state index in [1.165, 1.54) is 12.3 Å². The normalized spacial score (nSPS) is 11.8. The lowest BCUT2D eigenvalue weighted by atomic mass is 10.2. The molecule has 3 aromatic rings. The molecule has 3 rings (SSSR count). The first-order valence-corrected chi connectivity index (χ1v) is 9.90. The Bertz CT molecular complexity index is 869. The molecule has 1 radical (unpaired) electrons. The molecule has 0 amide bonds. The number of nitrogen functional groups attached to an aromatic ring is 1. The van der Waals surface area contributed by atoms with Crippen LogP contribution in [0.15, 0.2) is 29.3 Å². The van der Waals surface area contributed by atoms with Crippen LogP contribution in [0.25, 0.3) is 21.9 Å². The fourth-order valence-corrected chi connectivity index (χ4v) is 3.05. The summed E-state index contributed by atoms with van der Waals surface area (Å²) < 4.78 is 7.69. The smallest absolute Gasteiger partial charge is 0.191 e. The maximum Gasteiger partial charge on any atom is 0.191 e. The van der Waals surface area contributed by atoms with Gasteiger partial charge in [0.1, 0.15) is 18.2 Å². The SMILES string of the molecule is C[Si](C)CCOCn1c2c[nH]c(N)cc2c2c(=O)ccnc21. The zero-order valence-electron chi connectivity index (χ0n) is 12.7. The van der Waals surface area contributed by atoms with Crippen LogP contribution in [-0.2, 0) is 11.5 Å². The molecular weight excluding hydrogens is 296 g/mol. The van der Waals surface area contributed by atoms with Crippen molar-refractivity contribution in [1.29, 1.82) is 0 Å². The van der Waals surface area contributed by atoms with E-state index in [4.69, 9.17) is 10.5 Å². The van der Waals surface area contributed by atoms with Crippen LogP contribution in [0.3, 0.4) is 0 Å². The van der Waals surface area contributed by atoms with E-state index in [2.05, 4.69) is 23.1 Å². The summed E-state index contributed by atoms with van der Waals surface area (Å²) in [7, 11) is -0.294. The minimum Gasteiger partial charge on any atom is -0.385 e. The van der Waals surface area contributed by atoms with Crippen LogP contribution in [0.5, 0.6) is 0 Å². The highest BCUT2D eigenvalue weighted by atomic mass is 28.3. The van der Waals surface area contributed by atoms with Gasteiger partial charge in [-0.25, -0.2) is 4.98 Å². The largest absolute Gasteiger partial charge is 0.385 e. The Kier molecular flexibility index (Phi) is 3.99. The van der Waals surface area contributed by atoms with Gasteiger partial charge < -0.3 is 15.5 Å². The summed E-state index contributed by atoms with van der Waals surface area (Å²) in [6.07, 6.45) is 3.33. The number of fused-ring (bicyclic) bond motifs is 3. The molecule has 3 aromatic heterocycles. The molecule has 3 heterocycles. The van der Waals surface area contributed by atoms with Gasteiger partial charge in [0.05, 0.1) is 10.9 Å². The molecule has 7 heteroatoms. The molecule has 115 valence electrons. The Hall–Kier alpha value is -2.12. The molecule has 0 fully saturated rings. The summed E-state index contributed by atoms with van der Waals surface area (Å²) in [6, 6.07) is 4.35. The third-order valence-electron chi connectivity index (χ3n) is 3.63. The maximum atomic E-state index is 12.2. The van der Waals surface area contributed by atoms with Crippen molar-refractivity contribution in [2.24, 2.45) is 0 Å². The van der Waals surface area contributed by atoms with Crippen molar-refractivity contribution in [2.45, 2.75) is 25.9 Å². The lowest BCUT2D eigenvalue weighted by molar-refractivity contribution is 0.0929. The summed E-state index contributed by atoms with van der Waals surface area (Å²) in [5, 5.41) is 1.40. The molecule has 0 saturated heterocycles. The van der Waals surface area contributed by atoms with Crippen LogP contribution >= 0.6 is 0 Å². The quantitative estimate of drug-likeness (QED) is 0.558. The fraction of sp³-hybridized carbons (Fsp3) is 0.333. The summed E-state index contributed by atoms with van der Waals surface area (Å²) in [5.41, 5.74) is 7.28. The van der Waals surface area contributed by atoms with Crippen molar-refractivity contribution < 1.29 is 4.74 Å². The van der Waals surface area contributed by atoms with E-state index in [9.17, 15) is 4.79 Å². The second kappa shape index (κ2) is 5.94. The summed E-state index contributed by atoms with van der Waals surface area (Å²) >= 11 is 0. The average Bonchev–Trinajstić information content (AvgIpc) is 2.78. The van der Waals surface area contributed by atoms with Gasteiger partial charge >= 0.3 is 0 Å². The van der Waals surface area contributed by atoms with E-state index in [-0.39, 0.29) is 14.2 Å². The highest BCUT2D eigenvalue weighted by Crippen LogP contribution is 2.25. The van der Waals surface area contributed by atoms with Crippen molar-refractivity contribution in [1.82, 2.24) is 14.5 Å². The number of aromatic nitrogens is 3. The van der Waals surface area contributed by atoms with Crippen molar-refractivity contribution in [2.75, 3.05) is 12.3 Å². The molecule has 0 atom stereocenters. The first-order valence-electron chi connectivity index (χ1n) is 7.20. The van der Waals surface area contributed by atoms with Crippen LogP contribution in [0.4, 0.5) is 5.82 Å². The number of nitrogens with zero attached hydrogens (tertiary/aromatic N) is 2. The van der Waals surface area contributed by atoms with Gasteiger partial charge in [-0.3, -0.25) is 9.36 Å². The van der Waals surface area contributed by atoms with Gasteiger partial charge in [-0.2, -0.15) is 0 Å². The molecule has 0 bridgehead atoms. The second-order valence-electron chi connectivity index (χ2n) is 5.62. The van der Waals surface area contributed by atoms with Gasteiger partial charge in [0.2, 0.25) is 0 Å². The molecule has 3 N–H and O–H groups in total. The van der Waals surface area contributed by atoms with Crippen LogP contribution < -0.4 is 11.2 Å². The number of nitrogens with one attached hydrogen (secondary N) is 1. The monoisotopic (exact) mass is 315 g/mol. The number of nitrogens with two attached hydrogens (primary N) is 1. The summed E-state index contributed by atoms with van der Waals surface area (Å²) in [6.45, 7) is 5.62. The lowest BCUT2D eigenvalue weighted by Gasteiger charge is -2.09. The van der Waals surface area contributed by atoms with Gasteiger partial charge in [-0.1, -0.05) is 13.1 Å². The number of rotatable bonds is 5. The van der Waals surface area contributed by atoms with Gasteiger partial charge in [0.25, 0.3) is 0 Å². The summed E-state index contributed by atoms with van der Waals surface area (Å²) in [4.78, 5) is 19.5. The average molecular weight is 315 g/mol. The number of anilines is 1. The number of aromatic amines is 1. The standard InChI is InChI=1S/C15H19N4O2Si/c1-22(2)6-5-21-9-19-11-8-18-13(16)7-10(11)14-12(20)3-4-17-15(14)19/h3-4,7-8,18H,5-6,9,16H2,1-2H3. The highest BCUT2D eigenvalue weighted by Gasteiger charge is 2.14. The van der Waals surface area contributed by atoms with E-state index in [0.29, 0.717) is 23.6 Å². The van der Waals surface area contributed by atoms with E-state index in [0.717, 1.165) is 23.6 Å². The molecule has 0 aliphatic carbocycles. The van der Waals surface area contributed by atoms with Crippen LogP contribution in [0, 0.1) is 0 Å². The zero-order chi connectivity index (χ0) is 15.7. The van der Waals surface area contributed by atoms with Crippen LogP contribution in [-0.4, -0.2) is 29.9 Å². The molecule has 22 heavy (non-hydrogen) atoms. The number of hydrogen-bond acceptors (Lipinski definition) is 4. The summed E-state index contributed by atoms with van der Waals surface area (Å²) in [5.74, 6) is 0.514. The molecule has 0 aromatic carbocycles. The topological polar surface area (TPSA) is 85.9 Å². The van der Waals surface area contributed by atoms with E-state index >= 15 is 0 Å². The number of pyridine rings is 2. The molecule has 0 spiro atoms. The van der Waals surface area contributed by atoms with Gasteiger partial charge in [-0.15, -0.1) is 0 Å². The van der Waals surface area contributed by atoms with Gasteiger partial charge in [0, 0.05) is 39.2 Å². The molecule has 0 saturated carbocycles. The highest BCUT2D eigenvalue weighted by molar-refractivity contribution is 6.55. The molecule has 0 aliphatic heterocycles. The van der Waals surface area contributed by atoms with Crippen molar-refractivity contribution in [3.63, 3.8) is 0 Å². The molecule has 6 nitrogen and oxygen atoms in total. The third kappa shape index (κ3) is 2.64. The van der Waals surface area contributed by atoms with E-state index < -0.39 is 0 Å². The predicted molar refractivity (Wildman–Crippen MR) is 90.5 cm³/mol. The minimum atomic E-state index is -0.294. The molecule has 0 unspecified atom stereocenters. The molecule has 0 aliphatic rings. The van der Waals surface area contributed by atoms with Crippen molar-refractivity contribution >= 4 is 36.6 Å². The Labute approximate surface area is 129 Å². The lowest BCUT2D eigenvalue weighted by Crippen LogP contribution is -2.09. The number of H-pyrrole nitrogens is 1. The Morgan fingerprint density at radius 1 is 1.45 bits per heavy atom. The second-order valence-corrected chi connectivity index (χ2v) is 8.53. The zero-order valence-corrected chi connectivity index (χ0v) is 13.7. The third-order valence-corrected chi connectivity index (χ3v) is 4.83. The predicted octanol–water partition coefficient (Wildman–Crippen LogP) is 2.19. The van der Waals surface area contributed by atoms with E-state index in [1.807, 2.05) is 4.57 Å². The molecular formula is C15H19N4O2Si. The van der Waals surface area contributed by atoms with Crippen LogP contribution in [0.2, 0.25) is 19.1 Å². The maximum absolute atomic E-state index is 12.2. The van der Waals surface area contributed by atoms with Crippen LogP contribution in [0.1, 0.15) is 0 Å². The fourth-order valence-electron chi connectivity index (χ4n) is 2.49. The van der Waals surface area contributed by atoms with Gasteiger partial charge in [0.15, 0.2) is 5.43 Å². The minimum absolute atomic E-state index is 0.0491. The number of hydrogen-bond donors (Lipinski definition) is 2.